The van der Waals surface area contributed by atoms with Gasteiger partial charge >= 0.3 is 12.1 Å². The summed E-state index contributed by atoms with van der Waals surface area (Å²) in [5.41, 5.74) is -0.0720. The Morgan fingerprint density at radius 3 is 2.42 bits per heavy atom. The molecule has 0 atom stereocenters. The minimum Gasteiger partial charge on any atom is -0.457 e. The molecule has 0 aliphatic rings. The number of esters is 1. The van der Waals surface area contributed by atoms with Crippen LogP contribution in [0.3, 0.4) is 0 Å². The number of rotatable bonds is 5. The van der Waals surface area contributed by atoms with E-state index in [4.69, 9.17) is 4.74 Å². The van der Waals surface area contributed by atoms with Gasteiger partial charge in [-0.15, -0.1) is 0 Å². The van der Waals surface area contributed by atoms with Crippen LogP contribution in [0.15, 0.2) is 66.2 Å². The van der Waals surface area contributed by atoms with Crippen LogP contribution < -0.4 is 5.32 Å². The summed E-state index contributed by atoms with van der Waals surface area (Å²) >= 11 is 0. The van der Waals surface area contributed by atoms with Gasteiger partial charge in [-0.25, -0.2) is 4.79 Å². The van der Waals surface area contributed by atoms with Crippen molar-refractivity contribution >= 4 is 17.6 Å². The fraction of sp³-hybridized carbons (Fsp3) is 0.158. The van der Waals surface area contributed by atoms with Crippen molar-refractivity contribution < 1.29 is 27.5 Å². The van der Waals surface area contributed by atoms with Gasteiger partial charge in [0.2, 0.25) is 5.91 Å². The van der Waals surface area contributed by atoms with E-state index in [0.717, 1.165) is 23.8 Å². The predicted octanol–water partition coefficient (Wildman–Crippen LogP) is 4.33. The average molecular weight is 363 g/mol. The van der Waals surface area contributed by atoms with Crippen molar-refractivity contribution in [3.63, 3.8) is 0 Å². The maximum absolute atomic E-state index is 12.7. The minimum absolute atomic E-state index is 0.0217. The van der Waals surface area contributed by atoms with Crippen molar-refractivity contribution in [1.29, 1.82) is 0 Å². The number of hydrogen-bond donors (Lipinski definition) is 1. The zero-order valence-electron chi connectivity index (χ0n) is 13.8. The number of alkyl halides is 3. The van der Waals surface area contributed by atoms with E-state index in [1.165, 1.54) is 19.1 Å². The van der Waals surface area contributed by atoms with Gasteiger partial charge in [-0.1, -0.05) is 36.4 Å². The van der Waals surface area contributed by atoms with Crippen LogP contribution in [0.1, 0.15) is 18.1 Å². The van der Waals surface area contributed by atoms with Gasteiger partial charge in [0.25, 0.3) is 0 Å². The molecule has 7 heteroatoms. The Morgan fingerprint density at radius 1 is 1.08 bits per heavy atom. The van der Waals surface area contributed by atoms with Crippen molar-refractivity contribution in [3.05, 3.63) is 77.4 Å². The smallest absolute Gasteiger partial charge is 0.416 e. The highest BCUT2D eigenvalue weighted by molar-refractivity contribution is 6.04. The van der Waals surface area contributed by atoms with E-state index < -0.39 is 23.6 Å². The Labute approximate surface area is 148 Å². The first-order valence-electron chi connectivity index (χ1n) is 7.63. The molecule has 1 N–H and O–H groups in total. The Morgan fingerprint density at radius 2 is 1.77 bits per heavy atom. The molecule has 0 aromatic heterocycles. The van der Waals surface area contributed by atoms with E-state index in [9.17, 15) is 22.8 Å². The van der Waals surface area contributed by atoms with Gasteiger partial charge in [0.05, 0.1) is 5.56 Å². The quantitative estimate of drug-likeness (QED) is 0.635. The Balaban J connectivity index is 1.95. The summed E-state index contributed by atoms with van der Waals surface area (Å²) in [6, 6.07) is 13.2. The molecule has 0 saturated carbocycles. The largest absolute Gasteiger partial charge is 0.457 e. The van der Waals surface area contributed by atoms with E-state index in [-0.39, 0.29) is 17.9 Å². The first kappa shape index (κ1) is 19.2. The second-order valence-corrected chi connectivity index (χ2v) is 5.46. The first-order chi connectivity index (χ1) is 12.3. The van der Waals surface area contributed by atoms with Crippen LogP contribution in [0.5, 0.6) is 0 Å². The predicted molar refractivity (Wildman–Crippen MR) is 90.1 cm³/mol. The SMILES string of the molecule is CC(=CC(=O)Nc1cccc(C(F)(F)F)c1)C(=O)OCc1ccccc1. The van der Waals surface area contributed by atoms with Crippen LogP contribution >= 0.6 is 0 Å². The molecule has 26 heavy (non-hydrogen) atoms. The van der Waals surface area contributed by atoms with Crippen LogP contribution in [-0.4, -0.2) is 11.9 Å². The molecule has 0 fully saturated rings. The number of anilines is 1. The second-order valence-electron chi connectivity index (χ2n) is 5.46. The zero-order valence-corrected chi connectivity index (χ0v) is 13.8. The molecule has 1 amide bonds. The molecule has 2 aromatic carbocycles. The molecular weight excluding hydrogens is 347 g/mol. The molecule has 0 saturated heterocycles. The summed E-state index contributed by atoms with van der Waals surface area (Å²) in [6.45, 7) is 1.44. The lowest BCUT2D eigenvalue weighted by Gasteiger charge is -2.09. The number of amides is 1. The van der Waals surface area contributed by atoms with Crippen molar-refractivity contribution in [2.45, 2.75) is 19.7 Å². The van der Waals surface area contributed by atoms with Crippen molar-refractivity contribution in [3.8, 4) is 0 Å². The zero-order chi connectivity index (χ0) is 19.2. The lowest BCUT2D eigenvalue weighted by Crippen LogP contribution is -2.13. The van der Waals surface area contributed by atoms with E-state index in [0.29, 0.717) is 0 Å². The van der Waals surface area contributed by atoms with E-state index in [1.54, 1.807) is 24.3 Å². The highest BCUT2D eigenvalue weighted by Gasteiger charge is 2.30. The summed E-state index contributed by atoms with van der Waals surface area (Å²) < 4.78 is 43.0. The number of benzene rings is 2. The monoisotopic (exact) mass is 363 g/mol. The number of hydrogen-bond acceptors (Lipinski definition) is 3. The lowest BCUT2D eigenvalue weighted by atomic mass is 10.2. The van der Waals surface area contributed by atoms with Crippen molar-refractivity contribution in [1.82, 2.24) is 0 Å². The molecule has 2 aromatic rings. The molecule has 2 rings (SSSR count). The third kappa shape index (κ3) is 5.77. The van der Waals surface area contributed by atoms with Gasteiger partial charge in [0, 0.05) is 17.3 Å². The van der Waals surface area contributed by atoms with Gasteiger partial charge in [0.1, 0.15) is 6.61 Å². The Kier molecular flexibility index (Phi) is 6.16. The van der Waals surface area contributed by atoms with E-state index >= 15 is 0 Å². The molecule has 0 spiro atoms. The number of carbonyl (C=O) groups excluding carboxylic acids is 2. The third-order valence-electron chi connectivity index (χ3n) is 3.34. The van der Waals surface area contributed by atoms with E-state index in [1.807, 2.05) is 6.07 Å². The molecule has 4 nitrogen and oxygen atoms in total. The van der Waals surface area contributed by atoms with Gasteiger partial charge in [-0.2, -0.15) is 13.2 Å². The molecule has 0 bridgehead atoms. The number of carbonyl (C=O) groups is 2. The highest BCUT2D eigenvalue weighted by Crippen LogP contribution is 2.30. The fourth-order valence-electron chi connectivity index (χ4n) is 2.04. The van der Waals surface area contributed by atoms with Gasteiger partial charge in [-0.3, -0.25) is 4.79 Å². The maximum atomic E-state index is 12.7. The van der Waals surface area contributed by atoms with Crippen LogP contribution in [-0.2, 0) is 27.1 Å². The van der Waals surface area contributed by atoms with Crippen LogP contribution in [0.25, 0.3) is 0 Å². The average Bonchev–Trinajstić information content (AvgIpc) is 2.60. The number of ether oxygens (including phenoxy) is 1. The highest BCUT2D eigenvalue weighted by atomic mass is 19.4. The van der Waals surface area contributed by atoms with Crippen LogP contribution in [0.2, 0.25) is 0 Å². The standard InChI is InChI=1S/C19H16F3NO3/c1-13(18(25)26-12-14-6-3-2-4-7-14)10-17(24)23-16-9-5-8-15(11-16)19(20,21)22/h2-11H,12H2,1H3,(H,23,24). The Bertz CT molecular complexity index is 814. The summed E-state index contributed by atoms with van der Waals surface area (Å²) in [6.07, 6.45) is -3.53. The Hall–Kier alpha value is -3.09. The van der Waals surface area contributed by atoms with Gasteiger partial charge in [0.15, 0.2) is 0 Å². The normalized spacial score (nSPS) is 11.8. The second kappa shape index (κ2) is 8.33. The van der Waals surface area contributed by atoms with Gasteiger partial charge < -0.3 is 10.1 Å². The molecule has 136 valence electrons. The van der Waals surface area contributed by atoms with Crippen molar-refractivity contribution in [2.75, 3.05) is 5.32 Å². The fourth-order valence-corrected chi connectivity index (χ4v) is 2.04. The first-order valence-corrected chi connectivity index (χ1v) is 7.63. The topological polar surface area (TPSA) is 55.4 Å². The third-order valence-corrected chi connectivity index (χ3v) is 3.34. The summed E-state index contributed by atoms with van der Waals surface area (Å²) in [5, 5.41) is 2.29. The van der Waals surface area contributed by atoms with Gasteiger partial charge in [-0.05, 0) is 30.7 Å². The summed E-state index contributed by atoms with van der Waals surface area (Å²) in [4.78, 5) is 23.8. The lowest BCUT2D eigenvalue weighted by molar-refractivity contribution is -0.140. The molecule has 0 aliphatic carbocycles. The summed E-state index contributed by atoms with van der Waals surface area (Å²) in [5.74, 6) is -1.41. The molecule has 0 aliphatic heterocycles. The van der Waals surface area contributed by atoms with Crippen LogP contribution in [0, 0.1) is 0 Å². The number of nitrogens with one attached hydrogen (secondary N) is 1. The van der Waals surface area contributed by atoms with Crippen LogP contribution in [0.4, 0.5) is 18.9 Å². The summed E-state index contributed by atoms with van der Waals surface area (Å²) in [7, 11) is 0. The molecule has 0 heterocycles. The molecular formula is C19H16F3NO3. The molecule has 0 radical (unpaired) electrons. The van der Waals surface area contributed by atoms with E-state index in [2.05, 4.69) is 5.32 Å². The molecule has 0 unspecified atom stereocenters. The number of halogens is 3. The maximum Gasteiger partial charge on any atom is 0.416 e. The van der Waals surface area contributed by atoms with Crippen molar-refractivity contribution in [2.24, 2.45) is 0 Å². The minimum atomic E-state index is -4.51.